The number of hydrogen-bond acceptors (Lipinski definition) is 3. The van der Waals surface area contributed by atoms with E-state index in [2.05, 4.69) is 5.32 Å². The van der Waals surface area contributed by atoms with Gasteiger partial charge in [0, 0.05) is 18.3 Å². The van der Waals surface area contributed by atoms with Crippen LogP contribution in [0.25, 0.3) is 0 Å². The van der Waals surface area contributed by atoms with E-state index >= 15 is 0 Å². The second-order valence-electron chi connectivity index (χ2n) is 8.88. The van der Waals surface area contributed by atoms with Crippen molar-refractivity contribution in [3.63, 3.8) is 0 Å². The van der Waals surface area contributed by atoms with Crippen LogP contribution in [0.1, 0.15) is 64.2 Å². The highest BCUT2D eigenvalue weighted by atomic mass is 16.4. The zero-order valence-corrected chi connectivity index (χ0v) is 14.1. The summed E-state index contributed by atoms with van der Waals surface area (Å²) in [6, 6.07) is -0.908. The van der Waals surface area contributed by atoms with Crippen molar-refractivity contribution in [3.8, 4) is 0 Å². The molecule has 5 rings (SSSR count). The normalized spacial score (nSPS) is 41.9. The minimum Gasteiger partial charge on any atom is -0.480 e. The van der Waals surface area contributed by atoms with Crippen LogP contribution in [0.4, 0.5) is 0 Å². The monoisotopic (exact) mass is 333 g/mol. The molecule has 0 aliphatic heterocycles. The van der Waals surface area contributed by atoms with Gasteiger partial charge < -0.3 is 10.4 Å². The summed E-state index contributed by atoms with van der Waals surface area (Å²) in [5.74, 6) is 0.799. The van der Waals surface area contributed by atoms with E-state index in [0.29, 0.717) is 30.6 Å². The molecule has 0 spiro atoms. The van der Waals surface area contributed by atoms with Gasteiger partial charge in [0.1, 0.15) is 11.8 Å². The van der Waals surface area contributed by atoms with Crippen molar-refractivity contribution in [2.24, 2.45) is 29.1 Å². The average molecular weight is 333 g/mol. The molecule has 5 heteroatoms. The lowest BCUT2D eigenvalue weighted by Crippen LogP contribution is -2.57. The fourth-order valence-electron chi connectivity index (χ4n) is 6.41. The first kappa shape index (κ1) is 16.1. The molecule has 5 saturated carbocycles. The molecule has 0 radical (unpaired) electrons. The number of carbonyl (C=O) groups excluding carboxylic acids is 2. The Morgan fingerprint density at radius 2 is 1.67 bits per heavy atom. The third-order valence-electron chi connectivity index (χ3n) is 7.06. The first-order chi connectivity index (χ1) is 11.4. The Morgan fingerprint density at radius 1 is 1.08 bits per heavy atom. The molecule has 5 fully saturated rings. The number of carboxylic acids is 1. The first-order valence-corrected chi connectivity index (χ1v) is 9.51. The minimum absolute atomic E-state index is 0.0491. The van der Waals surface area contributed by atoms with Gasteiger partial charge in [-0.05, 0) is 75.0 Å². The first-order valence-electron chi connectivity index (χ1n) is 9.51. The van der Waals surface area contributed by atoms with Crippen molar-refractivity contribution < 1.29 is 19.5 Å². The lowest BCUT2D eigenvalue weighted by atomic mass is 9.49. The fourth-order valence-corrected chi connectivity index (χ4v) is 6.41. The molecule has 5 aliphatic rings. The summed E-state index contributed by atoms with van der Waals surface area (Å²) in [7, 11) is 0. The molecule has 2 atom stereocenters. The zero-order chi connectivity index (χ0) is 16.9. The highest BCUT2D eigenvalue weighted by molar-refractivity contribution is 5.89. The number of ketones is 1. The van der Waals surface area contributed by atoms with Gasteiger partial charge in [-0.25, -0.2) is 4.79 Å². The number of carboxylic acid groups (broad SMARTS) is 1. The van der Waals surface area contributed by atoms with Crippen molar-refractivity contribution in [1.29, 1.82) is 0 Å². The minimum atomic E-state index is -0.993. The number of aliphatic carboxylic acids is 1. The van der Waals surface area contributed by atoms with Gasteiger partial charge in [0.2, 0.25) is 5.91 Å². The van der Waals surface area contributed by atoms with E-state index in [0.717, 1.165) is 25.7 Å². The molecular formula is C19H27NO4. The summed E-state index contributed by atoms with van der Waals surface area (Å²) >= 11 is 0. The number of rotatable bonds is 4. The lowest BCUT2D eigenvalue weighted by Gasteiger charge is -2.55. The molecule has 1 amide bonds. The summed E-state index contributed by atoms with van der Waals surface area (Å²) in [5, 5.41) is 12.5. The van der Waals surface area contributed by atoms with E-state index < -0.39 is 12.0 Å². The van der Waals surface area contributed by atoms with Crippen molar-refractivity contribution in [1.82, 2.24) is 5.32 Å². The van der Waals surface area contributed by atoms with Crippen molar-refractivity contribution in [2.75, 3.05) is 0 Å². The maximum atomic E-state index is 13.1. The molecule has 0 aromatic heterocycles. The standard InChI is InChI=1S/C19H27NO4/c21-15-3-1-2-14(7-15)16(17(22)23)20-18(24)19-8-11-4-12(9-19)6-13(5-11)10-19/h11-14,16H,1-10H2,(H,20,24)(H,22,23)/t11?,12?,13?,14-,16+,19?/m1/s1. The van der Waals surface area contributed by atoms with Crippen LogP contribution in [-0.4, -0.2) is 28.8 Å². The van der Waals surface area contributed by atoms with Crippen LogP contribution in [0.2, 0.25) is 0 Å². The molecule has 2 N–H and O–H groups in total. The maximum Gasteiger partial charge on any atom is 0.326 e. The second kappa shape index (κ2) is 5.85. The van der Waals surface area contributed by atoms with Gasteiger partial charge >= 0.3 is 5.97 Å². The summed E-state index contributed by atoms with van der Waals surface area (Å²) in [6.07, 6.45) is 8.85. The van der Waals surface area contributed by atoms with Crippen molar-refractivity contribution in [2.45, 2.75) is 70.3 Å². The SMILES string of the molecule is O=C1CCC[C@@H]([C@H](NC(=O)C23CC4CC(CC(C4)C2)C3)C(=O)O)C1. The van der Waals surface area contributed by atoms with Crippen molar-refractivity contribution in [3.05, 3.63) is 0 Å². The molecule has 0 aromatic rings. The third-order valence-corrected chi connectivity index (χ3v) is 7.06. The Kier molecular flexibility index (Phi) is 3.92. The Bertz CT molecular complexity index is 534. The molecule has 5 aliphatic carbocycles. The maximum absolute atomic E-state index is 13.1. The number of nitrogens with one attached hydrogen (secondary N) is 1. The van der Waals surface area contributed by atoms with E-state index in [4.69, 9.17) is 0 Å². The van der Waals surface area contributed by atoms with E-state index in [1.807, 2.05) is 0 Å². The summed E-state index contributed by atoms with van der Waals surface area (Å²) in [4.78, 5) is 36.5. The van der Waals surface area contributed by atoms with Gasteiger partial charge in [-0.15, -0.1) is 0 Å². The summed E-state index contributed by atoms with van der Waals surface area (Å²) in [6.45, 7) is 0. The number of Topliss-reactive ketones (excluding diaryl/α,β-unsaturated/α-hetero) is 1. The molecular weight excluding hydrogens is 306 g/mol. The smallest absolute Gasteiger partial charge is 0.326 e. The Labute approximate surface area is 142 Å². The van der Waals surface area contributed by atoms with E-state index in [9.17, 15) is 19.5 Å². The molecule has 4 bridgehead atoms. The predicted octanol–water partition coefficient (Wildman–Crippen LogP) is 2.53. The zero-order valence-electron chi connectivity index (χ0n) is 14.1. The molecule has 0 unspecified atom stereocenters. The molecule has 0 aromatic carbocycles. The van der Waals surface area contributed by atoms with Gasteiger partial charge in [-0.3, -0.25) is 9.59 Å². The van der Waals surface area contributed by atoms with Gasteiger partial charge in [0.05, 0.1) is 0 Å². The molecule has 132 valence electrons. The van der Waals surface area contributed by atoms with Gasteiger partial charge in [0.25, 0.3) is 0 Å². The molecule has 5 nitrogen and oxygen atoms in total. The van der Waals surface area contributed by atoms with Crippen LogP contribution in [0, 0.1) is 29.1 Å². The number of hydrogen-bond donors (Lipinski definition) is 2. The highest BCUT2D eigenvalue weighted by Gasteiger charge is 2.55. The van der Waals surface area contributed by atoms with Crippen LogP contribution in [-0.2, 0) is 14.4 Å². The van der Waals surface area contributed by atoms with Crippen LogP contribution >= 0.6 is 0 Å². The van der Waals surface area contributed by atoms with Gasteiger partial charge in [-0.1, -0.05) is 0 Å². The summed E-state index contributed by atoms with van der Waals surface area (Å²) < 4.78 is 0. The number of amides is 1. The molecule has 0 saturated heterocycles. The molecule has 24 heavy (non-hydrogen) atoms. The quantitative estimate of drug-likeness (QED) is 0.828. The van der Waals surface area contributed by atoms with Crippen LogP contribution < -0.4 is 5.32 Å². The fraction of sp³-hybridized carbons (Fsp3) is 0.842. The Hall–Kier alpha value is -1.39. The van der Waals surface area contributed by atoms with E-state index in [1.165, 1.54) is 19.3 Å². The van der Waals surface area contributed by atoms with E-state index in [1.54, 1.807) is 0 Å². The van der Waals surface area contributed by atoms with Gasteiger partial charge in [-0.2, -0.15) is 0 Å². The number of carbonyl (C=O) groups is 3. The highest BCUT2D eigenvalue weighted by Crippen LogP contribution is 2.60. The largest absolute Gasteiger partial charge is 0.480 e. The summed E-state index contributed by atoms with van der Waals surface area (Å²) in [5.41, 5.74) is -0.332. The van der Waals surface area contributed by atoms with E-state index in [-0.39, 0.29) is 29.4 Å². The topological polar surface area (TPSA) is 83.5 Å². The second-order valence-corrected chi connectivity index (χ2v) is 8.88. The van der Waals surface area contributed by atoms with Crippen molar-refractivity contribution >= 4 is 17.7 Å². The van der Waals surface area contributed by atoms with Crippen LogP contribution in [0.5, 0.6) is 0 Å². The average Bonchev–Trinajstić information content (AvgIpc) is 2.50. The van der Waals surface area contributed by atoms with Crippen LogP contribution in [0.15, 0.2) is 0 Å². The third kappa shape index (κ3) is 2.76. The predicted molar refractivity (Wildman–Crippen MR) is 87.1 cm³/mol. The molecule has 0 heterocycles. The Morgan fingerprint density at radius 3 is 2.17 bits per heavy atom. The lowest BCUT2D eigenvalue weighted by molar-refractivity contribution is -0.153. The van der Waals surface area contributed by atoms with Gasteiger partial charge in [0.15, 0.2) is 0 Å². The van der Waals surface area contributed by atoms with Crippen LogP contribution in [0.3, 0.4) is 0 Å². The Balaban J connectivity index is 1.49.